The van der Waals surface area contributed by atoms with Gasteiger partial charge in [-0.05, 0) is 35.0 Å². The van der Waals surface area contributed by atoms with E-state index in [1.807, 2.05) is 35.0 Å². The van der Waals surface area contributed by atoms with Gasteiger partial charge in [0.25, 0.3) is 0 Å². The van der Waals surface area contributed by atoms with Crippen LogP contribution in [-0.4, -0.2) is 17.7 Å². The van der Waals surface area contributed by atoms with Crippen molar-refractivity contribution in [2.45, 2.75) is 12.1 Å². The number of rotatable bonds is 6. The van der Waals surface area contributed by atoms with Crippen molar-refractivity contribution < 1.29 is 14.3 Å². The number of furan rings is 1. The lowest BCUT2D eigenvalue weighted by molar-refractivity contribution is 0.0623. The highest BCUT2D eigenvalue weighted by atomic mass is 32.1. The van der Waals surface area contributed by atoms with Crippen LogP contribution in [0.3, 0.4) is 0 Å². The Bertz CT molecular complexity index is 687. The molecule has 3 heterocycles. The van der Waals surface area contributed by atoms with E-state index in [2.05, 4.69) is 10.6 Å². The molecule has 120 valence electrons. The molecule has 0 spiro atoms. The summed E-state index contributed by atoms with van der Waals surface area (Å²) in [6.07, 6.45) is 1.50. The Hall–Kier alpha value is -2.09. The first-order valence-electron chi connectivity index (χ1n) is 7.03. The van der Waals surface area contributed by atoms with E-state index in [-0.39, 0.29) is 12.6 Å². The van der Waals surface area contributed by atoms with E-state index in [1.165, 1.54) is 17.6 Å². The lowest BCUT2D eigenvalue weighted by atomic mass is 9.99. The number of carbonyl (C=O) groups excluding carboxylic acids is 1. The zero-order valence-corrected chi connectivity index (χ0v) is 13.8. The number of aliphatic hydroxyl groups is 1. The molecule has 0 aliphatic heterocycles. The summed E-state index contributed by atoms with van der Waals surface area (Å²) in [6, 6.07) is 10.6. The minimum absolute atomic E-state index is 0.0251. The fourth-order valence-corrected chi connectivity index (χ4v) is 3.65. The number of thiophene rings is 2. The van der Waals surface area contributed by atoms with E-state index < -0.39 is 5.60 Å². The van der Waals surface area contributed by atoms with Crippen LogP contribution in [0.1, 0.15) is 15.5 Å². The molecule has 2 amide bonds. The third kappa shape index (κ3) is 3.64. The van der Waals surface area contributed by atoms with Crippen molar-refractivity contribution in [2.24, 2.45) is 0 Å². The molecule has 0 unspecified atom stereocenters. The number of amides is 2. The molecule has 0 aliphatic rings. The molecule has 3 N–H and O–H groups in total. The van der Waals surface area contributed by atoms with Crippen LogP contribution in [0.15, 0.2) is 57.8 Å². The molecule has 3 aromatic rings. The van der Waals surface area contributed by atoms with Crippen LogP contribution in [0.25, 0.3) is 0 Å². The van der Waals surface area contributed by atoms with Crippen LogP contribution in [0, 0.1) is 0 Å². The van der Waals surface area contributed by atoms with E-state index in [4.69, 9.17) is 4.42 Å². The van der Waals surface area contributed by atoms with Gasteiger partial charge in [-0.15, -0.1) is 22.7 Å². The predicted octanol–water partition coefficient (Wildman–Crippen LogP) is 3.14. The lowest BCUT2D eigenvalue weighted by Gasteiger charge is -2.25. The van der Waals surface area contributed by atoms with Gasteiger partial charge in [0.05, 0.1) is 19.4 Å². The zero-order valence-electron chi connectivity index (χ0n) is 12.2. The number of hydrogen-bond acceptors (Lipinski definition) is 5. The quantitative estimate of drug-likeness (QED) is 0.641. The molecule has 5 nitrogen and oxygen atoms in total. The number of carbonyl (C=O) groups is 1. The van der Waals surface area contributed by atoms with Crippen molar-refractivity contribution in [3.8, 4) is 0 Å². The van der Waals surface area contributed by atoms with Gasteiger partial charge in [0, 0.05) is 9.75 Å². The standard InChI is InChI=1S/C16H16N2O3S2/c19-15(17-10-12-4-2-8-22-12)18-11-16(20,13-5-1-7-21-13)14-6-3-9-23-14/h1-9,20H,10-11H2,(H2,17,18,19)/t16-/m1/s1. The normalized spacial score (nSPS) is 13.4. The Kier molecular flexibility index (Phi) is 4.80. The van der Waals surface area contributed by atoms with Gasteiger partial charge in [-0.25, -0.2) is 4.79 Å². The summed E-state index contributed by atoms with van der Waals surface area (Å²) in [5.41, 5.74) is -1.38. The fourth-order valence-electron chi connectivity index (χ4n) is 2.17. The summed E-state index contributed by atoms with van der Waals surface area (Å²) >= 11 is 2.99. The Labute approximate surface area is 141 Å². The predicted molar refractivity (Wildman–Crippen MR) is 90.6 cm³/mol. The van der Waals surface area contributed by atoms with Gasteiger partial charge in [0.2, 0.25) is 0 Å². The average molecular weight is 348 g/mol. The maximum atomic E-state index is 12.0. The Balaban J connectivity index is 1.64. The van der Waals surface area contributed by atoms with E-state index >= 15 is 0 Å². The highest BCUT2D eigenvalue weighted by Gasteiger charge is 2.36. The van der Waals surface area contributed by atoms with E-state index in [9.17, 15) is 9.90 Å². The van der Waals surface area contributed by atoms with E-state index in [0.717, 1.165) is 4.88 Å². The zero-order chi connectivity index (χ0) is 16.1. The summed E-state index contributed by atoms with van der Waals surface area (Å²) in [4.78, 5) is 13.8. The molecule has 0 radical (unpaired) electrons. The summed E-state index contributed by atoms with van der Waals surface area (Å²) in [5.74, 6) is 0.401. The number of nitrogens with one attached hydrogen (secondary N) is 2. The van der Waals surface area contributed by atoms with Crippen LogP contribution in [0.2, 0.25) is 0 Å². The topological polar surface area (TPSA) is 74.5 Å². The van der Waals surface area contributed by atoms with Crippen LogP contribution in [-0.2, 0) is 12.1 Å². The maximum Gasteiger partial charge on any atom is 0.315 e. The van der Waals surface area contributed by atoms with Gasteiger partial charge in [0.15, 0.2) is 5.60 Å². The van der Waals surface area contributed by atoms with Crippen LogP contribution in [0.5, 0.6) is 0 Å². The molecule has 0 aliphatic carbocycles. The molecule has 7 heteroatoms. The molecule has 23 heavy (non-hydrogen) atoms. The average Bonchev–Trinajstić information content (AvgIpc) is 3.33. The molecule has 0 saturated heterocycles. The minimum atomic E-state index is -1.38. The van der Waals surface area contributed by atoms with Crippen molar-refractivity contribution in [2.75, 3.05) is 6.54 Å². The third-order valence-corrected chi connectivity index (χ3v) is 5.26. The molecular weight excluding hydrogens is 332 g/mol. The highest BCUT2D eigenvalue weighted by Crippen LogP contribution is 2.32. The van der Waals surface area contributed by atoms with Gasteiger partial charge >= 0.3 is 6.03 Å². The molecule has 0 saturated carbocycles. The summed E-state index contributed by atoms with van der Waals surface area (Å²) in [7, 11) is 0. The van der Waals surface area contributed by atoms with E-state index in [1.54, 1.807) is 23.5 Å². The van der Waals surface area contributed by atoms with Crippen molar-refractivity contribution in [3.05, 3.63) is 68.9 Å². The first-order chi connectivity index (χ1) is 11.2. The second kappa shape index (κ2) is 6.99. The van der Waals surface area contributed by atoms with Gasteiger partial charge in [-0.2, -0.15) is 0 Å². The summed E-state index contributed by atoms with van der Waals surface area (Å²) in [6.45, 7) is 0.485. The summed E-state index contributed by atoms with van der Waals surface area (Å²) in [5, 5.41) is 20.3. The fraction of sp³-hybridized carbons (Fsp3) is 0.188. The lowest BCUT2D eigenvalue weighted by Crippen LogP contribution is -2.44. The monoisotopic (exact) mass is 348 g/mol. The minimum Gasteiger partial charge on any atom is -0.466 e. The molecule has 3 rings (SSSR count). The van der Waals surface area contributed by atoms with Crippen LogP contribution < -0.4 is 10.6 Å². The number of urea groups is 1. The molecule has 1 atom stereocenters. The molecule has 0 fully saturated rings. The largest absolute Gasteiger partial charge is 0.466 e. The molecular formula is C16H16N2O3S2. The van der Waals surface area contributed by atoms with Gasteiger partial charge in [-0.1, -0.05) is 12.1 Å². The third-order valence-electron chi connectivity index (χ3n) is 3.37. The van der Waals surface area contributed by atoms with Crippen molar-refractivity contribution in [1.29, 1.82) is 0 Å². The van der Waals surface area contributed by atoms with E-state index in [0.29, 0.717) is 17.2 Å². The van der Waals surface area contributed by atoms with Crippen molar-refractivity contribution >= 4 is 28.7 Å². The van der Waals surface area contributed by atoms with Crippen molar-refractivity contribution in [3.63, 3.8) is 0 Å². The SMILES string of the molecule is O=C(NCc1cccs1)NC[C@@](O)(c1ccco1)c1cccs1. The summed E-state index contributed by atoms with van der Waals surface area (Å²) < 4.78 is 5.36. The molecule has 0 aromatic carbocycles. The van der Waals surface area contributed by atoms with Gasteiger partial charge in [0.1, 0.15) is 5.76 Å². The first kappa shape index (κ1) is 15.8. The Morgan fingerprint density at radius 2 is 1.96 bits per heavy atom. The molecule has 0 bridgehead atoms. The second-order valence-corrected chi connectivity index (χ2v) is 6.91. The Morgan fingerprint density at radius 3 is 2.61 bits per heavy atom. The van der Waals surface area contributed by atoms with Gasteiger partial charge < -0.3 is 20.2 Å². The first-order valence-corrected chi connectivity index (χ1v) is 8.79. The van der Waals surface area contributed by atoms with Crippen LogP contribution in [0.4, 0.5) is 4.79 Å². The maximum absolute atomic E-state index is 12.0. The van der Waals surface area contributed by atoms with Crippen LogP contribution >= 0.6 is 22.7 Å². The molecule has 3 aromatic heterocycles. The smallest absolute Gasteiger partial charge is 0.315 e. The highest BCUT2D eigenvalue weighted by molar-refractivity contribution is 7.10. The Morgan fingerprint density at radius 1 is 1.13 bits per heavy atom. The van der Waals surface area contributed by atoms with Crippen molar-refractivity contribution in [1.82, 2.24) is 10.6 Å². The second-order valence-electron chi connectivity index (χ2n) is 4.93. The van der Waals surface area contributed by atoms with Gasteiger partial charge in [-0.3, -0.25) is 0 Å². The number of hydrogen-bond donors (Lipinski definition) is 3.